The first kappa shape index (κ1) is 51.4. The molecule has 2 atom stereocenters. The van der Waals surface area contributed by atoms with Crippen LogP contribution >= 0.6 is 7.82 Å². The summed E-state index contributed by atoms with van der Waals surface area (Å²) >= 11 is 0. The quantitative estimate of drug-likeness (QED) is 0.0191. The molecule has 0 aromatic rings. The number of ether oxygens (including phenoxy) is 2. The summed E-state index contributed by atoms with van der Waals surface area (Å²) in [7, 11) is -4.83. The molecule has 0 aromatic carbocycles. The molecule has 0 bridgehead atoms. The lowest BCUT2D eigenvalue weighted by atomic mass is 10.1. The highest BCUT2D eigenvalue weighted by Gasteiger charge is 2.23. The van der Waals surface area contributed by atoms with Crippen molar-refractivity contribution in [3.05, 3.63) is 122 Å². The lowest BCUT2D eigenvalue weighted by molar-refractivity contribution is -0.161. The largest absolute Gasteiger partial charge is 0.469 e. The van der Waals surface area contributed by atoms with Gasteiger partial charge in [0.1, 0.15) is 6.61 Å². The maximum Gasteiger partial charge on any atom is 0.469 e. The highest BCUT2D eigenvalue weighted by atomic mass is 31.2. The molecule has 0 aromatic heterocycles. The Balaban J connectivity index is 4.30. The Labute approximate surface area is 331 Å². The predicted octanol–water partition coefficient (Wildman–Crippen LogP) is 11.1. The smallest absolute Gasteiger partial charge is 0.462 e. The Hall–Kier alpha value is -3.59. The third-order valence-corrected chi connectivity index (χ3v) is 8.07. The SMILES string of the molecule is CC/C=C\C/C=C\C/C=C\C/C=C\C/C=C\C/C=C\CCC(=O)OC[C@H](COP(=O)(O)O)OC(=O)CCC[C@@H](O)/C=C/C=C\C/C=C\C/C=C\CCCCC. The third-order valence-electron chi connectivity index (χ3n) is 7.58. The van der Waals surface area contributed by atoms with Gasteiger partial charge < -0.3 is 24.4 Å². The highest BCUT2D eigenvalue weighted by molar-refractivity contribution is 7.46. The maximum atomic E-state index is 12.4. The Morgan fingerprint density at radius 3 is 1.62 bits per heavy atom. The monoisotopic (exact) mass is 784 g/mol. The summed E-state index contributed by atoms with van der Waals surface area (Å²) in [4.78, 5) is 42.8. The molecule has 0 aliphatic heterocycles. The number of unbranched alkanes of at least 4 members (excludes halogenated alkanes) is 3. The predicted molar refractivity (Wildman–Crippen MR) is 226 cm³/mol. The minimum absolute atomic E-state index is 0.0401. The number of allylic oxidation sites excluding steroid dienone is 19. The lowest BCUT2D eigenvalue weighted by Gasteiger charge is -2.18. The molecule has 9 nitrogen and oxygen atoms in total. The van der Waals surface area contributed by atoms with Gasteiger partial charge in [0.25, 0.3) is 0 Å². The van der Waals surface area contributed by atoms with Crippen molar-refractivity contribution in [2.45, 2.75) is 135 Å². The summed E-state index contributed by atoms with van der Waals surface area (Å²) in [6.45, 7) is 3.29. The zero-order valence-corrected chi connectivity index (χ0v) is 34.3. The lowest BCUT2D eigenvalue weighted by Crippen LogP contribution is -2.29. The number of hydrogen-bond acceptors (Lipinski definition) is 7. The highest BCUT2D eigenvalue weighted by Crippen LogP contribution is 2.35. The van der Waals surface area contributed by atoms with Crippen molar-refractivity contribution in [2.24, 2.45) is 0 Å². The van der Waals surface area contributed by atoms with Gasteiger partial charge in [-0.1, -0.05) is 148 Å². The molecule has 0 aliphatic carbocycles. The number of esters is 2. The molecule has 0 unspecified atom stereocenters. The van der Waals surface area contributed by atoms with E-state index in [9.17, 15) is 19.3 Å². The van der Waals surface area contributed by atoms with Crippen LogP contribution in [0.5, 0.6) is 0 Å². The summed E-state index contributed by atoms with van der Waals surface area (Å²) in [5.41, 5.74) is 0. The van der Waals surface area contributed by atoms with Gasteiger partial charge in [0.2, 0.25) is 0 Å². The topological polar surface area (TPSA) is 140 Å². The van der Waals surface area contributed by atoms with Crippen LogP contribution in [0.1, 0.15) is 123 Å². The maximum absolute atomic E-state index is 12.4. The number of aliphatic hydroxyl groups excluding tert-OH is 1. The normalized spacial score (nSPS) is 14.3. The molecule has 0 rings (SSSR count). The van der Waals surface area contributed by atoms with Crippen molar-refractivity contribution in [1.29, 1.82) is 0 Å². The van der Waals surface area contributed by atoms with E-state index < -0.39 is 45.2 Å². The molecule has 3 N–H and O–H groups in total. The number of carbonyl (C=O) groups excluding carboxylic acids is 2. The average molecular weight is 785 g/mol. The Kier molecular flexibility index (Phi) is 36.2. The zero-order valence-electron chi connectivity index (χ0n) is 33.4. The summed E-state index contributed by atoms with van der Waals surface area (Å²) in [5.74, 6) is -1.20. The first-order chi connectivity index (χ1) is 26.7. The minimum atomic E-state index is -4.83. The van der Waals surface area contributed by atoms with E-state index in [2.05, 4.69) is 103 Å². The number of aliphatic hydroxyl groups is 1. The second-order valence-electron chi connectivity index (χ2n) is 12.7. The van der Waals surface area contributed by atoms with E-state index in [4.69, 9.17) is 19.3 Å². The minimum Gasteiger partial charge on any atom is -0.462 e. The van der Waals surface area contributed by atoms with Gasteiger partial charge >= 0.3 is 19.8 Å². The van der Waals surface area contributed by atoms with Crippen molar-refractivity contribution in [3.63, 3.8) is 0 Å². The van der Waals surface area contributed by atoms with E-state index in [1.165, 1.54) is 19.3 Å². The van der Waals surface area contributed by atoms with Crippen LogP contribution < -0.4 is 0 Å². The van der Waals surface area contributed by atoms with Gasteiger partial charge in [0.15, 0.2) is 6.10 Å². The molecular weight excluding hydrogens is 715 g/mol. The third kappa shape index (κ3) is 41.4. The van der Waals surface area contributed by atoms with E-state index >= 15 is 0 Å². The van der Waals surface area contributed by atoms with Crippen LogP contribution in [-0.2, 0) is 28.2 Å². The fourth-order valence-corrected chi connectivity index (χ4v) is 4.98. The second-order valence-corrected chi connectivity index (χ2v) is 14.0. The summed E-state index contributed by atoms with van der Waals surface area (Å²) in [6, 6.07) is 0. The van der Waals surface area contributed by atoms with Crippen LogP contribution in [0, 0.1) is 0 Å². The second kappa shape index (κ2) is 38.7. The summed E-state index contributed by atoms with van der Waals surface area (Å²) < 4.78 is 26.1. The van der Waals surface area contributed by atoms with Crippen molar-refractivity contribution in [1.82, 2.24) is 0 Å². The molecule has 55 heavy (non-hydrogen) atoms. The molecule has 0 spiro atoms. The zero-order chi connectivity index (χ0) is 40.5. The van der Waals surface area contributed by atoms with Crippen molar-refractivity contribution in [3.8, 4) is 0 Å². The first-order valence-electron chi connectivity index (χ1n) is 19.9. The van der Waals surface area contributed by atoms with Crippen LogP contribution in [0.15, 0.2) is 122 Å². The standard InChI is InChI=1S/C45H69O9P/c1-3-5-7-9-11-13-15-17-18-19-20-21-22-24-26-28-30-32-34-38-44(47)52-40-43(41-53-55(49,50)51)54-45(48)39-35-37-42(46)36-33-31-29-27-25-23-16-14-12-10-8-6-4-2/h5,7,11-14,17-18,20-21,23-26,29-33,36,42-43,46H,3-4,6,8-10,15-16,19,22,27-28,34-35,37-41H2,1-2H3,(H2,49,50,51)/b7-5-,13-11-,14-12-,18-17-,21-20-,25-23-,26-24-,31-29-,32-30-,36-33+/t42-,43+/m0/s1. The number of phosphoric ester groups is 1. The summed E-state index contributed by atoms with van der Waals surface area (Å²) in [5, 5.41) is 10.2. The van der Waals surface area contributed by atoms with E-state index in [1.807, 2.05) is 24.3 Å². The molecule has 0 fully saturated rings. The fourth-order valence-electron chi connectivity index (χ4n) is 4.62. The fraction of sp³-hybridized carbons (Fsp3) is 0.511. The van der Waals surface area contributed by atoms with Crippen LogP contribution in [0.3, 0.4) is 0 Å². The Morgan fingerprint density at radius 1 is 0.582 bits per heavy atom. The van der Waals surface area contributed by atoms with E-state index in [0.717, 1.165) is 57.8 Å². The number of hydrogen-bond donors (Lipinski definition) is 3. The number of phosphoric acid groups is 1. The van der Waals surface area contributed by atoms with Crippen LogP contribution in [0.2, 0.25) is 0 Å². The molecule has 0 aliphatic rings. The molecule has 0 amide bonds. The molecule has 308 valence electrons. The number of rotatable bonds is 34. The van der Waals surface area contributed by atoms with Gasteiger partial charge in [-0.15, -0.1) is 0 Å². The average Bonchev–Trinajstić information content (AvgIpc) is 3.15. The van der Waals surface area contributed by atoms with E-state index in [0.29, 0.717) is 19.3 Å². The molecule has 0 saturated carbocycles. The van der Waals surface area contributed by atoms with Gasteiger partial charge in [-0.05, 0) is 83.5 Å². The van der Waals surface area contributed by atoms with E-state index in [1.54, 1.807) is 12.2 Å². The van der Waals surface area contributed by atoms with Gasteiger partial charge in [-0.25, -0.2) is 4.57 Å². The molecule has 0 heterocycles. The van der Waals surface area contributed by atoms with Crippen LogP contribution in [-0.4, -0.2) is 52.3 Å². The molecular formula is C45H69O9P. The molecule has 0 saturated heterocycles. The van der Waals surface area contributed by atoms with Crippen LogP contribution in [0.25, 0.3) is 0 Å². The van der Waals surface area contributed by atoms with Gasteiger partial charge in [0, 0.05) is 12.8 Å². The van der Waals surface area contributed by atoms with Crippen LogP contribution in [0.4, 0.5) is 0 Å². The van der Waals surface area contributed by atoms with Gasteiger partial charge in [-0.3, -0.25) is 14.1 Å². The summed E-state index contributed by atoms with van der Waals surface area (Å²) in [6.07, 6.45) is 52.5. The van der Waals surface area contributed by atoms with Gasteiger partial charge in [0.05, 0.1) is 12.7 Å². The van der Waals surface area contributed by atoms with Gasteiger partial charge in [-0.2, -0.15) is 0 Å². The molecule has 0 radical (unpaired) electrons. The first-order valence-corrected chi connectivity index (χ1v) is 21.5. The van der Waals surface area contributed by atoms with Crippen molar-refractivity contribution >= 4 is 19.8 Å². The molecule has 10 heteroatoms. The van der Waals surface area contributed by atoms with Crippen molar-refractivity contribution in [2.75, 3.05) is 13.2 Å². The van der Waals surface area contributed by atoms with E-state index in [-0.39, 0.29) is 12.8 Å². The Bertz CT molecular complexity index is 1310. The number of carbonyl (C=O) groups is 2. The Morgan fingerprint density at radius 2 is 1.09 bits per heavy atom. The van der Waals surface area contributed by atoms with Crippen molar-refractivity contribution < 1.29 is 43.0 Å².